The molecule has 2 aliphatic rings. The van der Waals surface area contributed by atoms with Gasteiger partial charge in [0.05, 0.1) is 6.61 Å². The molecule has 2 aliphatic carbocycles. The van der Waals surface area contributed by atoms with E-state index in [9.17, 15) is 5.11 Å². The first-order chi connectivity index (χ1) is 12.0. The Labute approximate surface area is 154 Å². The van der Waals surface area contributed by atoms with E-state index in [0.29, 0.717) is 5.92 Å². The molecule has 2 saturated carbocycles. The molecule has 140 valence electrons. The Kier molecular flexibility index (Phi) is 7.71. The van der Waals surface area contributed by atoms with Gasteiger partial charge in [-0.2, -0.15) is 0 Å². The van der Waals surface area contributed by atoms with Crippen molar-refractivity contribution in [3.8, 4) is 0 Å². The van der Waals surface area contributed by atoms with Crippen molar-refractivity contribution in [2.45, 2.75) is 77.2 Å². The first-order valence-electron chi connectivity index (χ1n) is 10.1. The van der Waals surface area contributed by atoms with Crippen LogP contribution < -0.4 is 5.73 Å². The number of aliphatic hydroxyl groups excluding tert-OH is 1. The monoisotopic (exact) mass is 343 g/mol. The van der Waals surface area contributed by atoms with Crippen LogP contribution >= 0.6 is 0 Å². The highest BCUT2D eigenvalue weighted by Crippen LogP contribution is 2.40. The minimum Gasteiger partial charge on any atom is -0.394 e. The van der Waals surface area contributed by atoms with Gasteiger partial charge in [0.15, 0.2) is 0 Å². The van der Waals surface area contributed by atoms with Crippen molar-refractivity contribution in [2.24, 2.45) is 17.6 Å². The number of unbranched alkanes of at least 4 members (excludes halogenated alkanes) is 1. The maximum absolute atomic E-state index is 9.48. The van der Waals surface area contributed by atoms with Gasteiger partial charge in [0.1, 0.15) is 0 Å². The van der Waals surface area contributed by atoms with Gasteiger partial charge in [-0.05, 0) is 81.3 Å². The molecule has 0 radical (unpaired) electrons. The average Bonchev–Trinajstić information content (AvgIpc) is 3.03. The minimum atomic E-state index is -0.391. The quantitative estimate of drug-likeness (QED) is 0.604. The van der Waals surface area contributed by atoms with Crippen molar-refractivity contribution in [3.05, 3.63) is 47.6 Å². The van der Waals surface area contributed by atoms with Crippen LogP contribution in [-0.4, -0.2) is 17.3 Å². The summed E-state index contributed by atoms with van der Waals surface area (Å²) < 4.78 is 0. The lowest BCUT2D eigenvalue weighted by atomic mass is 9.79. The van der Waals surface area contributed by atoms with E-state index < -0.39 is 5.54 Å². The zero-order chi connectivity index (χ0) is 18.3. The molecular weight excluding hydrogens is 306 g/mol. The Morgan fingerprint density at radius 2 is 2.12 bits per heavy atom. The van der Waals surface area contributed by atoms with E-state index >= 15 is 0 Å². The fourth-order valence-electron chi connectivity index (χ4n) is 4.27. The van der Waals surface area contributed by atoms with E-state index in [1.165, 1.54) is 48.8 Å². The van der Waals surface area contributed by atoms with E-state index in [0.717, 1.165) is 31.6 Å². The van der Waals surface area contributed by atoms with Crippen LogP contribution in [0.15, 0.2) is 47.6 Å². The normalized spacial score (nSPS) is 33.6. The summed E-state index contributed by atoms with van der Waals surface area (Å²) >= 11 is 0. The zero-order valence-electron chi connectivity index (χ0n) is 16.3. The molecule has 0 aromatic carbocycles. The molecule has 0 saturated heterocycles. The van der Waals surface area contributed by atoms with Gasteiger partial charge in [-0.1, -0.05) is 49.8 Å². The summed E-state index contributed by atoms with van der Waals surface area (Å²) in [6, 6.07) is 0. The van der Waals surface area contributed by atoms with Crippen LogP contribution in [0.5, 0.6) is 0 Å². The minimum absolute atomic E-state index is 0.0840. The van der Waals surface area contributed by atoms with Crippen LogP contribution in [0, 0.1) is 11.8 Å². The molecule has 2 fully saturated rings. The van der Waals surface area contributed by atoms with Gasteiger partial charge in [-0.3, -0.25) is 0 Å². The van der Waals surface area contributed by atoms with Gasteiger partial charge in [-0.25, -0.2) is 0 Å². The number of hydrogen-bond donors (Lipinski definition) is 2. The van der Waals surface area contributed by atoms with Gasteiger partial charge in [0.2, 0.25) is 0 Å². The second-order valence-corrected chi connectivity index (χ2v) is 8.12. The van der Waals surface area contributed by atoms with Crippen LogP contribution in [0.3, 0.4) is 0 Å². The highest BCUT2D eigenvalue weighted by atomic mass is 16.3. The van der Waals surface area contributed by atoms with Crippen molar-refractivity contribution in [1.82, 2.24) is 0 Å². The number of aliphatic hydroxyl groups is 1. The second kappa shape index (κ2) is 9.54. The molecule has 0 spiro atoms. The molecule has 2 heteroatoms. The molecule has 0 bridgehead atoms. The largest absolute Gasteiger partial charge is 0.394 e. The molecule has 3 N–H and O–H groups in total. The molecule has 0 amide bonds. The maximum Gasteiger partial charge on any atom is 0.0611 e. The zero-order valence-corrected chi connectivity index (χ0v) is 16.3. The average molecular weight is 344 g/mol. The third-order valence-electron chi connectivity index (χ3n) is 6.03. The summed E-state index contributed by atoms with van der Waals surface area (Å²) in [7, 11) is 0. The highest BCUT2D eigenvalue weighted by Gasteiger charge is 2.36. The van der Waals surface area contributed by atoms with Crippen LogP contribution in [0.1, 0.15) is 71.6 Å². The fraction of sp³-hybridized carbons (Fsp3) is 0.652. The molecule has 3 atom stereocenters. The SMILES string of the molecule is C=C(/C=C1/CC[C@H](C/C=C/CCC)C/C1=C/C)[C@H]1CC[C@](N)(CO)C1. The maximum atomic E-state index is 9.48. The number of hydrogen-bond acceptors (Lipinski definition) is 2. The second-order valence-electron chi connectivity index (χ2n) is 8.12. The van der Waals surface area contributed by atoms with Gasteiger partial charge >= 0.3 is 0 Å². The Morgan fingerprint density at radius 1 is 1.32 bits per heavy atom. The topological polar surface area (TPSA) is 46.2 Å². The molecule has 25 heavy (non-hydrogen) atoms. The van der Waals surface area contributed by atoms with E-state index in [2.05, 4.69) is 44.7 Å². The van der Waals surface area contributed by atoms with Crippen molar-refractivity contribution < 1.29 is 5.11 Å². The first-order valence-corrected chi connectivity index (χ1v) is 10.1. The molecule has 0 aromatic rings. The van der Waals surface area contributed by atoms with Crippen molar-refractivity contribution >= 4 is 0 Å². The van der Waals surface area contributed by atoms with Crippen molar-refractivity contribution in [3.63, 3.8) is 0 Å². The van der Waals surface area contributed by atoms with Gasteiger partial charge in [0.25, 0.3) is 0 Å². The summed E-state index contributed by atoms with van der Waals surface area (Å²) in [6.45, 7) is 8.81. The van der Waals surface area contributed by atoms with E-state index in [4.69, 9.17) is 5.73 Å². The molecular formula is C23H37NO. The summed E-state index contributed by atoms with van der Waals surface area (Å²) in [4.78, 5) is 0. The lowest BCUT2D eigenvalue weighted by molar-refractivity contribution is 0.197. The molecule has 2 rings (SSSR count). The van der Waals surface area contributed by atoms with E-state index in [1.54, 1.807) is 0 Å². The molecule has 0 aromatic heterocycles. The standard InChI is InChI=1S/C23H37NO/c1-4-6-7-8-9-19-10-11-21(20(5-2)15-19)14-18(3)22-12-13-23(24,16-22)17-25/h5,7-8,14,19,22,25H,3-4,6,9-13,15-17,24H2,1-2H3/b8-7+,20-5-,21-14-/t19-,22-,23+/m0/s1. The third kappa shape index (κ3) is 5.69. The summed E-state index contributed by atoms with van der Waals surface area (Å²) in [5, 5.41) is 9.48. The number of nitrogens with two attached hydrogens (primary N) is 1. The van der Waals surface area contributed by atoms with Crippen molar-refractivity contribution in [1.29, 1.82) is 0 Å². The summed E-state index contributed by atoms with van der Waals surface area (Å²) in [5.74, 6) is 1.21. The molecule has 0 unspecified atom stereocenters. The van der Waals surface area contributed by atoms with Gasteiger partial charge in [0, 0.05) is 5.54 Å². The van der Waals surface area contributed by atoms with Crippen molar-refractivity contribution in [2.75, 3.05) is 6.61 Å². The molecule has 2 nitrogen and oxygen atoms in total. The highest BCUT2D eigenvalue weighted by molar-refractivity contribution is 5.39. The Morgan fingerprint density at radius 3 is 2.76 bits per heavy atom. The van der Waals surface area contributed by atoms with Crippen LogP contribution in [0.2, 0.25) is 0 Å². The predicted octanol–water partition coefficient (Wildman–Crippen LogP) is 5.45. The smallest absolute Gasteiger partial charge is 0.0611 e. The molecule has 0 heterocycles. The lowest BCUT2D eigenvalue weighted by Gasteiger charge is -2.27. The lowest BCUT2D eigenvalue weighted by Crippen LogP contribution is -2.40. The Balaban J connectivity index is 1.94. The van der Waals surface area contributed by atoms with Crippen LogP contribution in [-0.2, 0) is 0 Å². The predicted molar refractivity (Wildman–Crippen MR) is 108 cm³/mol. The van der Waals surface area contributed by atoms with Gasteiger partial charge < -0.3 is 10.8 Å². The van der Waals surface area contributed by atoms with Crippen LogP contribution in [0.4, 0.5) is 0 Å². The number of rotatable bonds is 7. The molecule has 0 aliphatic heterocycles. The van der Waals surface area contributed by atoms with E-state index in [1.807, 2.05) is 0 Å². The summed E-state index contributed by atoms with van der Waals surface area (Å²) in [6.07, 6.45) is 19.4. The first kappa shape index (κ1) is 20.2. The fourth-order valence-corrected chi connectivity index (χ4v) is 4.27. The van der Waals surface area contributed by atoms with Crippen LogP contribution in [0.25, 0.3) is 0 Å². The number of allylic oxidation sites excluding steroid dienone is 7. The summed E-state index contributed by atoms with van der Waals surface area (Å²) in [5.41, 5.74) is 10.0. The van der Waals surface area contributed by atoms with E-state index in [-0.39, 0.29) is 6.61 Å². The Bertz CT molecular complexity index is 542. The Hall–Kier alpha value is -1.12. The van der Waals surface area contributed by atoms with Gasteiger partial charge in [-0.15, -0.1) is 0 Å². The third-order valence-corrected chi connectivity index (χ3v) is 6.03.